The molecule has 0 aromatic heterocycles. The van der Waals surface area contributed by atoms with Crippen LogP contribution in [0.5, 0.6) is 0 Å². The number of hydrogen-bond donors (Lipinski definition) is 0. The zero-order valence-electron chi connectivity index (χ0n) is 21.7. The molecule has 29 heavy (non-hydrogen) atoms. The second-order valence-corrected chi connectivity index (χ2v) is 14.9. The molecule has 2 rings (SSSR count). The molecule has 0 spiro atoms. The lowest BCUT2D eigenvalue weighted by atomic mass is 9.68. The predicted octanol–water partition coefficient (Wildman–Crippen LogP) is 9.47. The Balaban J connectivity index is 2.00. The highest BCUT2D eigenvalue weighted by Crippen LogP contribution is 2.49. The van der Waals surface area contributed by atoms with Crippen molar-refractivity contribution in [3.05, 3.63) is 0 Å². The van der Waals surface area contributed by atoms with Crippen LogP contribution in [0, 0.1) is 46.3 Å². The number of thioether (sulfide) groups is 1. The molecule has 0 aromatic rings. The van der Waals surface area contributed by atoms with Crippen LogP contribution in [0.15, 0.2) is 0 Å². The molecule has 2 aliphatic rings. The van der Waals surface area contributed by atoms with Crippen molar-refractivity contribution in [3.8, 4) is 0 Å². The molecule has 0 bridgehead atoms. The van der Waals surface area contributed by atoms with Gasteiger partial charge in [-0.2, -0.15) is 11.8 Å². The van der Waals surface area contributed by atoms with Crippen LogP contribution in [0.1, 0.15) is 121 Å². The molecule has 2 atom stereocenters. The maximum absolute atomic E-state index is 2.50. The first-order chi connectivity index (χ1) is 13.3. The van der Waals surface area contributed by atoms with Crippen LogP contribution in [-0.4, -0.2) is 10.5 Å². The van der Waals surface area contributed by atoms with Crippen molar-refractivity contribution in [2.45, 2.75) is 131 Å². The molecule has 0 N–H and O–H groups in total. The molecule has 2 saturated carbocycles. The van der Waals surface area contributed by atoms with Gasteiger partial charge in [0.25, 0.3) is 0 Å². The highest BCUT2D eigenvalue weighted by atomic mass is 32.2. The van der Waals surface area contributed by atoms with E-state index in [2.05, 4.69) is 81.0 Å². The predicted molar refractivity (Wildman–Crippen MR) is 135 cm³/mol. The molecule has 0 radical (unpaired) electrons. The third-order valence-corrected chi connectivity index (χ3v) is 11.0. The zero-order valence-corrected chi connectivity index (χ0v) is 22.5. The largest absolute Gasteiger partial charge is 0.154 e. The van der Waals surface area contributed by atoms with Crippen molar-refractivity contribution in [1.29, 1.82) is 0 Å². The Bertz CT molecular complexity index is 418. The SMILES string of the molecule is CC(C)C(SC(C(C)C)C1CCC(C(C)(C)C)CC1)C1CCC(C(C)(C)C)CC1. The minimum Gasteiger partial charge on any atom is -0.154 e. The minimum atomic E-state index is 0.498. The van der Waals surface area contributed by atoms with Crippen LogP contribution in [0.4, 0.5) is 0 Å². The maximum Gasteiger partial charge on any atom is 0.0101 e. The van der Waals surface area contributed by atoms with Gasteiger partial charge in [-0.25, -0.2) is 0 Å². The molecule has 0 saturated heterocycles. The van der Waals surface area contributed by atoms with Gasteiger partial charge < -0.3 is 0 Å². The second-order valence-electron chi connectivity index (χ2n) is 13.5. The lowest BCUT2D eigenvalue weighted by molar-refractivity contribution is 0.140. The van der Waals surface area contributed by atoms with E-state index < -0.39 is 0 Å². The summed E-state index contributed by atoms with van der Waals surface area (Å²) in [6.07, 6.45) is 11.7. The van der Waals surface area contributed by atoms with Gasteiger partial charge in [0, 0.05) is 10.5 Å². The van der Waals surface area contributed by atoms with E-state index in [-0.39, 0.29) is 0 Å². The summed E-state index contributed by atoms with van der Waals surface area (Å²) in [6, 6.07) is 0. The molecule has 2 aliphatic carbocycles. The van der Waals surface area contributed by atoms with Crippen LogP contribution in [0.25, 0.3) is 0 Å². The third-order valence-electron chi connectivity index (χ3n) is 8.55. The van der Waals surface area contributed by atoms with Crippen LogP contribution in [0.3, 0.4) is 0 Å². The standard InChI is InChI=1S/C28H54S/c1-19(2)25(21-11-15-23(16-12-21)27(5,6)7)29-26(20(3)4)22-13-17-24(18-14-22)28(8,9)10/h19-26H,11-18H2,1-10H3. The summed E-state index contributed by atoms with van der Waals surface area (Å²) < 4.78 is 0. The van der Waals surface area contributed by atoms with E-state index in [1.54, 1.807) is 0 Å². The van der Waals surface area contributed by atoms with Gasteiger partial charge in [-0.3, -0.25) is 0 Å². The van der Waals surface area contributed by atoms with E-state index in [9.17, 15) is 0 Å². The smallest absolute Gasteiger partial charge is 0.0101 e. The summed E-state index contributed by atoms with van der Waals surface area (Å²) in [5.74, 6) is 5.39. The first-order valence-electron chi connectivity index (χ1n) is 13.0. The molecule has 0 amide bonds. The van der Waals surface area contributed by atoms with E-state index in [1.165, 1.54) is 51.4 Å². The Kier molecular flexibility index (Phi) is 9.11. The molecule has 172 valence electrons. The zero-order chi connectivity index (χ0) is 22.0. The van der Waals surface area contributed by atoms with Crippen molar-refractivity contribution >= 4 is 11.8 Å². The van der Waals surface area contributed by atoms with Crippen LogP contribution < -0.4 is 0 Å². The molecular weight excluding hydrogens is 368 g/mol. The second kappa shape index (κ2) is 10.3. The molecule has 0 aromatic carbocycles. The summed E-state index contributed by atoms with van der Waals surface area (Å²) >= 11 is 2.44. The fourth-order valence-corrected chi connectivity index (χ4v) is 8.41. The van der Waals surface area contributed by atoms with Gasteiger partial charge in [-0.15, -0.1) is 0 Å². The first-order valence-corrected chi connectivity index (χ1v) is 13.9. The summed E-state index contributed by atoms with van der Waals surface area (Å²) in [5, 5.41) is 1.73. The average Bonchev–Trinajstić information content (AvgIpc) is 2.60. The topological polar surface area (TPSA) is 0 Å². The highest BCUT2D eigenvalue weighted by Gasteiger charge is 2.39. The summed E-state index contributed by atoms with van der Waals surface area (Å²) in [7, 11) is 0. The summed E-state index contributed by atoms with van der Waals surface area (Å²) in [6.45, 7) is 24.7. The Labute approximate surface area is 189 Å². The lowest BCUT2D eigenvalue weighted by Gasteiger charge is -2.44. The fraction of sp³-hybridized carbons (Fsp3) is 1.00. The van der Waals surface area contributed by atoms with Gasteiger partial charge in [0.05, 0.1) is 0 Å². The Morgan fingerprint density at radius 3 is 1.00 bits per heavy atom. The summed E-state index contributed by atoms with van der Waals surface area (Å²) in [5.41, 5.74) is 0.995. The van der Waals surface area contributed by atoms with Gasteiger partial charge in [-0.05, 0) is 97.7 Å². The van der Waals surface area contributed by atoms with Crippen molar-refractivity contribution in [2.75, 3.05) is 0 Å². The van der Waals surface area contributed by atoms with E-state index in [0.29, 0.717) is 10.8 Å². The van der Waals surface area contributed by atoms with E-state index in [0.717, 1.165) is 46.0 Å². The number of hydrogen-bond acceptors (Lipinski definition) is 1. The fourth-order valence-electron chi connectivity index (χ4n) is 6.43. The molecule has 1 heteroatoms. The van der Waals surface area contributed by atoms with Crippen LogP contribution >= 0.6 is 11.8 Å². The monoisotopic (exact) mass is 422 g/mol. The Hall–Kier alpha value is 0.350. The van der Waals surface area contributed by atoms with Gasteiger partial charge in [0.2, 0.25) is 0 Å². The normalized spacial score (nSPS) is 31.9. The Morgan fingerprint density at radius 2 is 0.793 bits per heavy atom. The number of rotatable bonds is 6. The highest BCUT2D eigenvalue weighted by molar-refractivity contribution is 8.00. The minimum absolute atomic E-state index is 0.498. The molecule has 0 aliphatic heterocycles. The molecular formula is C28H54S. The van der Waals surface area contributed by atoms with E-state index in [1.807, 2.05) is 0 Å². The van der Waals surface area contributed by atoms with E-state index >= 15 is 0 Å². The third kappa shape index (κ3) is 7.18. The van der Waals surface area contributed by atoms with Crippen molar-refractivity contribution in [3.63, 3.8) is 0 Å². The Morgan fingerprint density at radius 1 is 0.517 bits per heavy atom. The lowest BCUT2D eigenvalue weighted by Crippen LogP contribution is -2.36. The molecule has 0 nitrogen and oxygen atoms in total. The average molecular weight is 423 g/mol. The van der Waals surface area contributed by atoms with Crippen molar-refractivity contribution in [1.82, 2.24) is 0 Å². The summed E-state index contributed by atoms with van der Waals surface area (Å²) in [4.78, 5) is 0. The van der Waals surface area contributed by atoms with Crippen LogP contribution in [0.2, 0.25) is 0 Å². The van der Waals surface area contributed by atoms with Crippen molar-refractivity contribution < 1.29 is 0 Å². The molecule has 0 heterocycles. The van der Waals surface area contributed by atoms with E-state index in [4.69, 9.17) is 0 Å². The quantitative estimate of drug-likeness (QED) is 0.410. The van der Waals surface area contributed by atoms with Gasteiger partial charge in [0.15, 0.2) is 0 Å². The van der Waals surface area contributed by atoms with Crippen molar-refractivity contribution in [2.24, 2.45) is 46.3 Å². The molecule has 2 fully saturated rings. The first kappa shape index (κ1) is 25.6. The van der Waals surface area contributed by atoms with Gasteiger partial charge >= 0.3 is 0 Å². The van der Waals surface area contributed by atoms with Crippen LogP contribution in [-0.2, 0) is 0 Å². The molecule has 2 unspecified atom stereocenters. The maximum atomic E-state index is 2.50. The van der Waals surface area contributed by atoms with Gasteiger partial charge in [0.1, 0.15) is 0 Å². The van der Waals surface area contributed by atoms with Gasteiger partial charge in [-0.1, -0.05) is 69.2 Å².